The molecule has 0 unspecified atom stereocenters. The molecule has 1 aromatic carbocycles. The van der Waals surface area contributed by atoms with E-state index in [-0.39, 0.29) is 11.5 Å². The molecule has 3 aromatic rings. The molecule has 2 N–H and O–H groups in total. The Morgan fingerprint density at radius 1 is 1.30 bits per heavy atom. The fourth-order valence-corrected chi connectivity index (χ4v) is 4.50. The van der Waals surface area contributed by atoms with Gasteiger partial charge in [-0.25, -0.2) is 4.98 Å². The molecule has 8 heteroatoms. The number of quaternary nitrogens is 1. The molecule has 0 aliphatic carbocycles. The van der Waals surface area contributed by atoms with Gasteiger partial charge >= 0.3 is 0 Å². The molecule has 1 aliphatic heterocycles. The topological polar surface area (TPSA) is 70.5 Å². The Balaban J connectivity index is 1.56. The number of fused-ring (bicyclic) bond motifs is 1. The summed E-state index contributed by atoms with van der Waals surface area (Å²) >= 11 is 7.40. The summed E-state index contributed by atoms with van der Waals surface area (Å²) in [6, 6.07) is 9.54. The number of rotatable bonds is 3. The third-order valence-electron chi connectivity index (χ3n) is 4.89. The van der Waals surface area contributed by atoms with E-state index < -0.39 is 0 Å². The number of thiophene rings is 1. The van der Waals surface area contributed by atoms with Gasteiger partial charge in [0.15, 0.2) is 5.82 Å². The zero-order valence-electron chi connectivity index (χ0n) is 14.9. The summed E-state index contributed by atoms with van der Waals surface area (Å²) in [6.07, 6.45) is 0. The van der Waals surface area contributed by atoms with E-state index in [9.17, 15) is 9.59 Å². The lowest BCUT2D eigenvalue weighted by Gasteiger charge is -2.31. The lowest BCUT2D eigenvalue weighted by atomic mass is 10.2. The standard InChI is InChI=1S/C19H19ClN4O2S/c1-12(25)24-8-6-23(7-9-24)11-17-21-15-10-16(27-18(15)19(26)22-17)13-2-4-14(20)5-3-13/h2-5,10H,6-9,11H2,1H3,(H,21,22,26)/p+1. The van der Waals surface area contributed by atoms with Crippen LogP contribution in [0.5, 0.6) is 0 Å². The Bertz CT molecular complexity index is 1040. The fraction of sp³-hybridized carbons (Fsp3) is 0.316. The predicted octanol–water partition coefficient (Wildman–Crippen LogP) is 1.55. The largest absolute Gasteiger partial charge is 0.332 e. The van der Waals surface area contributed by atoms with E-state index in [0.717, 1.165) is 42.1 Å². The number of halogens is 1. The van der Waals surface area contributed by atoms with E-state index in [4.69, 9.17) is 11.6 Å². The summed E-state index contributed by atoms with van der Waals surface area (Å²) in [5.41, 5.74) is 1.65. The Hall–Kier alpha value is -2.22. The normalized spacial score (nSPS) is 15.4. The van der Waals surface area contributed by atoms with Crippen LogP contribution in [0.3, 0.4) is 0 Å². The molecule has 2 aromatic heterocycles. The Kier molecular flexibility index (Phi) is 4.99. The number of H-pyrrole nitrogens is 1. The third kappa shape index (κ3) is 3.90. The van der Waals surface area contributed by atoms with Gasteiger partial charge < -0.3 is 14.8 Å². The van der Waals surface area contributed by atoms with Crippen molar-refractivity contribution in [3.8, 4) is 10.4 Å². The molecule has 0 radical (unpaired) electrons. The van der Waals surface area contributed by atoms with Gasteiger partial charge in [-0.1, -0.05) is 23.7 Å². The van der Waals surface area contributed by atoms with Gasteiger partial charge in [0.05, 0.1) is 31.7 Å². The monoisotopic (exact) mass is 403 g/mol. The van der Waals surface area contributed by atoms with Crippen LogP contribution in [0.15, 0.2) is 35.1 Å². The second-order valence-corrected chi connectivity index (χ2v) is 8.27. The average Bonchev–Trinajstić information content (AvgIpc) is 3.07. The number of nitrogens with zero attached hydrogens (tertiary/aromatic N) is 2. The van der Waals surface area contributed by atoms with Crippen LogP contribution in [0.4, 0.5) is 0 Å². The van der Waals surface area contributed by atoms with Crippen LogP contribution in [-0.2, 0) is 11.3 Å². The summed E-state index contributed by atoms with van der Waals surface area (Å²) < 4.78 is 0.639. The summed E-state index contributed by atoms with van der Waals surface area (Å²) in [6.45, 7) is 5.48. The highest BCUT2D eigenvalue weighted by Crippen LogP contribution is 2.31. The van der Waals surface area contributed by atoms with Crippen molar-refractivity contribution in [1.29, 1.82) is 0 Å². The number of nitrogens with one attached hydrogen (secondary N) is 2. The van der Waals surface area contributed by atoms with E-state index in [0.29, 0.717) is 22.1 Å². The first-order valence-corrected chi connectivity index (χ1v) is 10.1. The minimum absolute atomic E-state index is 0.0954. The number of benzene rings is 1. The minimum atomic E-state index is -0.0954. The maximum atomic E-state index is 12.5. The number of hydrogen-bond acceptors (Lipinski definition) is 4. The van der Waals surface area contributed by atoms with Crippen LogP contribution in [0.25, 0.3) is 20.7 Å². The van der Waals surface area contributed by atoms with E-state index in [2.05, 4.69) is 9.97 Å². The molecule has 1 aliphatic rings. The molecule has 6 nitrogen and oxygen atoms in total. The molecule has 0 bridgehead atoms. The van der Waals surface area contributed by atoms with Gasteiger partial charge in [0, 0.05) is 16.8 Å². The molecule has 0 saturated carbocycles. The molecular weight excluding hydrogens is 384 g/mol. The van der Waals surface area contributed by atoms with Crippen molar-refractivity contribution in [2.45, 2.75) is 13.5 Å². The molecule has 27 heavy (non-hydrogen) atoms. The van der Waals surface area contributed by atoms with Crippen molar-refractivity contribution < 1.29 is 9.69 Å². The predicted molar refractivity (Wildman–Crippen MR) is 107 cm³/mol. The van der Waals surface area contributed by atoms with Crippen LogP contribution in [0.1, 0.15) is 12.7 Å². The smallest absolute Gasteiger partial charge is 0.269 e. The quantitative estimate of drug-likeness (QED) is 0.697. The molecule has 0 spiro atoms. The number of aromatic nitrogens is 2. The molecule has 4 rings (SSSR count). The number of carbonyl (C=O) groups is 1. The van der Waals surface area contributed by atoms with Gasteiger partial charge in [-0.3, -0.25) is 9.59 Å². The van der Waals surface area contributed by atoms with Crippen LogP contribution in [0.2, 0.25) is 5.02 Å². The first kappa shape index (κ1) is 18.2. The SMILES string of the molecule is CC(=O)N1CC[NH+](Cc2nc3cc(-c4ccc(Cl)cc4)sc3c(=O)[nH]2)CC1. The van der Waals surface area contributed by atoms with E-state index in [1.54, 1.807) is 6.92 Å². The van der Waals surface area contributed by atoms with Crippen LogP contribution in [-0.4, -0.2) is 47.0 Å². The molecule has 1 saturated heterocycles. The number of aromatic amines is 1. The Morgan fingerprint density at radius 3 is 2.67 bits per heavy atom. The third-order valence-corrected chi connectivity index (χ3v) is 6.32. The van der Waals surface area contributed by atoms with Gasteiger partial charge in [0.25, 0.3) is 5.56 Å². The van der Waals surface area contributed by atoms with E-state index in [1.807, 2.05) is 35.2 Å². The van der Waals surface area contributed by atoms with Crippen molar-refractivity contribution in [1.82, 2.24) is 14.9 Å². The van der Waals surface area contributed by atoms with Gasteiger partial charge in [0.1, 0.15) is 11.2 Å². The zero-order valence-corrected chi connectivity index (χ0v) is 16.5. The van der Waals surface area contributed by atoms with Gasteiger partial charge in [-0.15, -0.1) is 11.3 Å². The summed E-state index contributed by atoms with van der Waals surface area (Å²) in [5, 5.41) is 0.686. The number of hydrogen-bond donors (Lipinski definition) is 2. The van der Waals surface area contributed by atoms with E-state index >= 15 is 0 Å². The maximum Gasteiger partial charge on any atom is 0.269 e. The lowest BCUT2D eigenvalue weighted by molar-refractivity contribution is -0.918. The summed E-state index contributed by atoms with van der Waals surface area (Å²) in [7, 11) is 0. The van der Waals surface area contributed by atoms with Crippen molar-refractivity contribution in [3.05, 3.63) is 51.5 Å². The number of amides is 1. The number of carbonyl (C=O) groups excluding carboxylic acids is 1. The van der Waals surface area contributed by atoms with Gasteiger partial charge in [-0.05, 0) is 23.8 Å². The second kappa shape index (κ2) is 7.42. The fourth-order valence-electron chi connectivity index (χ4n) is 3.38. The highest BCUT2D eigenvalue weighted by atomic mass is 35.5. The molecule has 1 fully saturated rings. The first-order valence-electron chi connectivity index (χ1n) is 8.87. The van der Waals surface area contributed by atoms with Crippen LogP contribution in [0, 0.1) is 0 Å². The maximum absolute atomic E-state index is 12.5. The second-order valence-electron chi connectivity index (χ2n) is 6.78. The van der Waals surface area contributed by atoms with Crippen molar-refractivity contribution in [3.63, 3.8) is 0 Å². The Morgan fingerprint density at radius 2 is 2.00 bits per heavy atom. The van der Waals surface area contributed by atoms with Crippen molar-refractivity contribution in [2.24, 2.45) is 0 Å². The summed E-state index contributed by atoms with van der Waals surface area (Å²) in [4.78, 5) is 35.7. The highest BCUT2D eigenvalue weighted by molar-refractivity contribution is 7.22. The molecular formula is C19H20ClN4O2S+. The van der Waals surface area contributed by atoms with Crippen LogP contribution >= 0.6 is 22.9 Å². The van der Waals surface area contributed by atoms with E-state index in [1.165, 1.54) is 16.2 Å². The van der Waals surface area contributed by atoms with Crippen molar-refractivity contribution in [2.75, 3.05) is 26.2 Å². The average molecular weight is 404 g/mol. The van der Waals surface area contributed by atoms with Crippen molar-refractivity contribution >= 4 is 39.1 Å². The number of piperazine rings is 1. The molecule has 1 amide bonds. The lowest BCUT2D eigenvalue weighted by Crippen LogP contribution is -3.13. The molecule has 140 valence electrons. The molecule has 0 atom stereocenters. The van der Waals surface area contributed by atoms with Gasteiger partial charge in [0.2, 0.25) is 5.91 Å². The molecule has 3 heterocycles. The van der Waals surface area contributed by atoms with Crippen LogP contribution < -0.4 is 10.5 Å². The Labute approximate surface area is 165 Å². The zero-order chi connectivity index (χ0) is 19.0. The van der Waals surface area contributed by atoms with Gasteiger partial charge in [-0.2, -0.15) is 0 Å². The highest BCUT2D eigenvalue weighted by Gasteiger charge is 2.22. The summed E-state index contributed by atoms with van der Waals surface area (Å²) in [5.74, 6) is 0.814. The first-order chi connectivity index (χ1) is 13.0. The minimum Gasteiger partial charge on any atom is -0.332 e.